The van der Waals surface area contributed by atoms with Crippen LogP contribution in [0.3, 0.4) is 0 Å². The number of aryl methyl sites for hydroxylation is 1. The molecule has 1 N–H and O–H groups in total. The summed E-state index contributed by atoms with van der Waals surface area (Å²) in [4.78, 5) is 28.8. The average Bonchev–Trinajstić information content (AvgIpc) is 3.29. The fraction of sp³-hybridized carbons (Fsp3) is 0.483. The van der Waals surface area contributed by atoms with Gasteiger partial charge in [-0.3, -0.25) is 9.69 Å². The number of aromatic nitrogens is 2. The molecule has 212 valence electrons. The van der Waals surface area contributed by atoms with E-state index in [1.807, 2.05) is 23.8 Å². The van der Waals surface area contributed by atoms with Gasteiger partial charge in [-0.1, -0.05) is 13.0 Å². The number of carbonyl (C=O) groups excluding carboxylic acids is 1. The van der Waals surface area contributed by atoms with Gasteiger partial charge < -0.3 is 24.4 Å². The normalized spacial score (nSPS) is 21.8. The minimum atomic E-state index is -0.995. The van der Waals surface area contributed by atoms with E-state index in [-0.39, 0.29) is 36.6 Å². The van der Waals surface area contributed by atoms with Gasteiger partial charge in [-0.25, -0.2) is 8.78 Å². The molecule has 2 atom stereocenters. The first kappa shape index (κ1) is 26.6. The number of alkyl halides is 1. The van der Waals surface area contributed by atoms with Crippen molar-refractivity contribution in [1.29, 1.82) is 0 Å². The molecule has 1 aromatic heterocycles. The van der Waals surface area contributed by atoms with E-state index < -0.39 is 12.2 Å². The van der Waals surface area contributed by atoms with Crippen LogP contribution in [0.5, 0.6) is 11.8 Å². The Kier molecular flexibility index (Phi) is 7.18. The van der Waals surface area contributed by atoms with E-state index in [9.17, 15) is 18.7 Å². The fourth-order valence-corrected chi connectivity index (χ4v) is 6.00. The number of fused-ring (bicyclic) bond motifs is 2. The first-order valence-electron chi connectivity index (χ1n) is 13.8. The van der Waals surface area contributed by atoms with Crippen LogP contribution in [-0.2, 0) is 17.7 Å². The van der Waals surface area contributed by atoms with E-state index in [2.05, 4.69) is 9.97 Å². The molecule has 0 spiro atoms. The van der Waals surface area contributed by atoms with Crippen molar-refractivity contribution in [3.63, 3.8) is 0 Å². The van der Waals surface area contributed by atoms with Crippen LogP contribution in [0.4, 0.5) is 20.3 Å². The van der Waals surface area contributed by atoms with E-state index in [0.717, 1.165) is 6.42 Å². The smallest absolute Gasteiger partial charge is 0.318 e. The van der Waals surface area contributed by atoms with E-state index >= 15 is 0 Å². The van der Waals surface area contributed by atoms with Gasteiger partial charge in [0, 0.05) is 37.7 Å². The molecule has 2 aromatic carbocycles. The number of ether oxygens (including phenoxy) is 2. The molecule has 3 aliphatic rings. The number of likely N-dealkylation sites (tertiary alicyclic amines) is 1. The molecule has 9 nitrogen and oxygen atoms in total. The summed E-state index contributed by atoms with van der Waals surface area (Å²) in [6.45, 7) is 4.96. The number of halogens is 2. The van der Waals surface area contributed by atoms with Crippen molar-refractivity contribution >= 4 is 28.2 Å². The van der Waals surface area contributed by atoms with Gasteiger partial charge in [0.25, 0.3) is 5.91 Å². The third-order valence-corrected chi connectivity index (χ3v) is 8.13. The molecule has 3 aromatic rings. The van der Waals surface area contributed by atoms with Gasteiger partial charge in [0.05, 0.1) is 30.6 Å². The zero-order valence-corrected chi connectivity index (χ0v) is 22.7. The highest BCUT2D eigenvalue weighted by Crippen LogP contribution is 2.41. The Bertz CT molecular complexity index is 1440. The van der Waals surface area contributed by atoms with Crippen LogP contribution in [-0.4, -0.2) is 84.6 Å². The van der Waals surface area contributed by atoms with Gasteiger partial charge in [0.1, 0.15) is 35.7 Å². The maximum absolute atomic E-state index is 14.9. The average molecular weight is 554 g/mol. The number of benzene rings is 2. The molecule has 0 aliphatic carbocycles. The summed E-state index contributed by atoms with van der Waals surface area (Å²) in [6, 6.07) is 5.73. The molecule has 2 saturated heterocycles. The van der Waals surface area contributed by atoms with Gasteiger partial charge in [0.2, 0.25) is 0 Å². The quantitative estimate of drug-likeness (QED) is 0.493. The Balaban J connectivity index is 1.42. The van der Waals surface area contributed by atoms with Crippen LogP contribution < -0.4 is 14.5 Å². The second-order valence-electron chi connectivity index (χ2n) is 10.6. The van der Waals surface area contributed by atoms with Gasteiger partial charge in [-0.2, -0.15) is 9.97 Å². The number of hydrogen-bond donors (Lipinski definition) is 1. The Labute approximate surface area is 231 Å². The van der Waals surface area contributed by atoms with Gasteiger partial charge in [-0.05, 0) is 49.4 Å². The molecule has 40 heavy (non-hydrogen) atoms. The third-order valence-electron chi connectivity index (χ3n) is 8.13. The van der Waals surface area contributed by atoms with Crippen LogP contribution in [0.15, 0.2) is 24.3 Å². The summed E-state index contributed by atoms with van der Waals surface area (Å²) in [5.41, 5.74) is 1.70. The molecule has 0 saturated carbocycles. The number of rotatable bonds is 6. The first-order chi connectivity index (χ1) is 19.4. The lowest BCUT2D eigenvalue weighted by Gasteiger charge is -2.24. The molecule has 0 unspecified atom stereocenters. The molecule has 0 bridgehead atoms. The lowest BCUT2D eigenvalue weighted by molar-refractivity contribution is 0.0997. The highest BCUT2D eigenvalue weighted by molar-refractivity contribution is 6.16. The van der Waals surface area contributed by atoms with Crippen molar-refractivity contribution in [3.05, 3.63) is 46.9 Å². The number of amides is 1. The fourth-order valence-electron chi connectivity index (χ4n) is 6.00. The maximum Gasteiger partial charge on any atom is 0.318 e. The van der Waals surface area contributed by atoms with Crippen LogP contribution in [0.2, 0.25) is 0 Å². The van der Waals surface area contributed by atoms with Crippen LogP contribution in [0.25, 0.3) is 10.8 Å². The lowest BCUT2D eigenvalue weighted by atomic mass is 9.99. The Morgan fingerprint density at radius 1 is 1.18 bits per heavy atom. The topological polar surface area (TPSA) is 91.3 Å². The van der Waals surface area contributed by atoms with Crippen LogP contribution in [0, 0.1) is 5.82 Å². The van der Waals surface area contributed by atoms with Crippen molar-refractivity contribution in [2.75, 3.05) is 56.3 Å². The summed E-state index contributed by atoms with van der Waals surface area (Å²) in [5.74, 6) is -0.281. The van der Waals surface area contributed by atoms with Gasteiger partial charge >= 0.3 is 6.01 Å². The number of nitrogens with zero attached hydrogens (tertiary/aromatic N) is 5. The van der Waals surface area contributed by atoms with E-state index in [4.69, 9.17) is 9.47 Å². The highest BCUT2D eigenvalue weighted by atomic mass is 19.1. The number of carbonyl (C=O) groups is 1. The number of anilines is 2. The van der Waals surface area contributed by atoms with E-state index in [0.29, 0.717) is 84.8 Å². The maximum atomic E-state index is 14.9. The van der Waals surface area contributed by atoms with Crippen LogP contribution in [0.1, 0.15) is 41.4 Å². The minimum absolute atomic E-state index is 0.0265. The Morgan fingerprint density at radius 2 is 2.02 bits per heavy atom. The molecule has 11 heteroatoms. The zero-order chi connectivity index (χ0) is 28.0. The minimum Gasteiger partial charge on any atom is -0.508 e. The number of likely N-dealkylation sites (N-methyl/N-ethyl adjacent to an activating group) is 1. The van der Waals surface area contributed by atoms with Crippen molar-refractivity contribution in [2.24, 2.45) is 0 Å². The number of hydrogen-bond acceptors (Lipinski definition) is 8. The Morgan fingerprint density at radius 3 is 2.80 bits per heavy atom. The predicted octanol–water partition coefficient (Wildman–Crippen LogP) is 3.85. The largest absolute Gasteiger partial charge is 0.508 e. The highest BCUT2D eigenvalue weighted by Gasteiger charge is 2.38. The van der Waals surface area contributed by atoms with E-state index in [1.165, 1.54) is 17.0 Å². The lowest BCUT2D eigenvalue weighted by Crippen LogP contribution is -2.36. The van der Waals surface area contributed by atoms with Crippen LogP contribution >= 0.6 is 0 Å². The van der Waals surface area contributed by atoms with Crippen molar-refractivity contribution in [2.45, 2.75) is 44.9 Å². The SMILES string of the molecule is CCc1c(F)ccc2cc(O)cc(N3Cc4nc(OC[C@@H]5[C@@H](F)CCN5C)nc(N5CCCOCC5)c4C3=O)c12. The number of phenols is 1. The standard InChI is InChI=1S/C29H33F2N5O4/c1-3-19-20(30)6-5-17-13-18(37)14-23(25(17)19)36-15-22-26(28(36)38)27(35-8-4-11-39-12-10-35)33-29(32-22)40-16-24-21(31)7-9-34(24)2/h5-6,13-14,21,24,37H,3-4,7-12,15-16H2,1-2H3/t21-,24+/m0/s1. The first-order valence-corrected chi connectivity index (χ1v) is 13.8. The third kappa shape index (κ3) is 4.71. The van der Waals surface area contributed by atoms with E-state index in [1.54, 1.807) is 12.1 Å². The van der Waals surface area contributed by atoms with Crippen molar-refractivity contribution in [3.8, 4) is 11.8 Å². The molecular formula is C29H33F2N5O4. The monoisotopic (exact) mass is 553 g/mol. The molecule has 4 heterocycles. The zero-order valence-electron chi connectivity index (χ0n) is 22.7. The molecule has 3 aliphatic heterocycles. The number of phenolic OH excluding ortho intramolecular Hbond substituents is 1. The Hall–Kier alpha value is -3.57. The van der Waals surface area contributed by atoms with Gasteiger partial charge in [0.15, 0.2) is 0 Å². The summed E-state index contributed by atoms with van der Waals surface area (Å²) < 4.78 is 40.9. The summed E-state index contributed by atoms with van der Waals surface area (Å²) in [7, 11) is 1.86. The van der Waals surface area contributed by atoms with Gasteiger partial charge in [-0.15, -0.1) is 0 Å². The van der Waals surface area contributed by atoms with Crippen molar-refractivity contribution in [1.82, 2.24) is 14.9 Å². The second kappa shape index (κ2) is 10.8. The molecule has 2 fully saturated rings. The molecule has 0 radical (unpaired) electrons. The summed E-state index contributed by atoms with van der Waals surface area (Å²) in [6.07, 6.45) is 0.638. The van der Waals surface area contributed by atoms with Crippen molar-refractivity contribution < 1.29 is 28.2 Å². The molecule has 1 amide bonds. The second-order valence-corrected chi connectivity index (χ2v) is 10.6. The molecule has 6 rings (SSSR count). The molecular weight excluding hydrogens is 520 g/mol. The summed E-state index contributed by atoms with van der Waals surface area (Å²) >= 11 is 0. The summed E-state index contributed by atoms with van der Waals surface area (Å²) in [5, 5.41) is 11.7. The predicted molar refractivity (Wildman–Crippen MR) is 147 cm³/mol. The number of aromatic hydroxyl groups is 1.